The van der Waals surface area contributed by atoms with Crippen LogP contribution in [0.15, 0.2) is 0 Å². The number of sulfonamides is 1. The summed E-state index contributed by atoms with van der Waals surface area (Å²) in [6, 6.07) is 0. The molecule has 92 valence electrons. The predicted octanol–water partition coefficient (Wildman–Crippen LogP) is 1.04. The molecule has 0 aromatic heterocycles. The molecule has 0 saturated heterocycles. The second kappa shape index (κ2) is 8.33. The van der Waals surface area contributed by atoms with Crippen LogP contribution in [-0.4, -0.2) is 49.2 Å². The lowest BCUT2D eigenvalue weighted by Gasteiger charge is -2.20. The zero-order valence-electron chi connectivity index (χ0n) is 9.15. The molecule has 0 atom stereocenters. The van der Waals surface area contributed by atoms with Crippen LogP contribution in [0.2, 0.25) is 0 Å². The van der Waals surface area contributed by atoms with Crippen molar-refractivity contribution < 1.29 is 13.5 Å². The van der Waals surface area contributed by atoms with Crippen molar-refractivity contribution in [1.29, 1.82) is 0 Å². The largest absolute Gasteiger partial charge is 0.395 e. The zero-order chi connectivity index (χ0) is 11.7. The smallest absolute Gasteiger partial charge is 0.214 e. The Morgan fingerprint density at radius 1 is 1.27 bits per heavy atom. The Labute approximate surface area is 97.3 Å². The van der Waals surface area contributed by atoms with Gasteiger partial charge in [-0.3, -0.25) is 0 Å². The number of hydrogen-bond donors (Lipinski definition) is 1. The monoisotopic (exact) mass is 257 g/mol. The second-order valence-corrected chi connectivity index (χ2v) is 5.80. The van der Waals surface area contributed by atoms with Crippen molar-refractivity contribution in [2.24, 2.45) is 0 Å². The second-order valence-electron chi connectivity index (χ2n) is 3.33. The standard InChI is InChI=1S/C9H20ClNO3S/c1-2-6-11(7-8-12)15(13,14)9-4-3-5-10/h12H,2-9H2,1H3. The maximum atomic E-state index is 11.8. The number of aliphatic hydroxyl groups is 1. The molecule has 0 aromatic carbocycles. The highest BCUT2D eigenvalue weighted by Gasteiger charge is 2.19. The SMILES string of the molecule is CCCN(CCO)S(=O)(=O)CCCCCl. The van der Waals surface area contributed by atoms with Gasteiger partial charge in [0.15, 0.2) is 0 Å². The quantitative estimate of drug-likeness (QED) is 0.496. The van der Waals surface area contributed by atoms with Gasteiger partial charge < -0.3 is 5.11 Å². The summed E-state index contributed by atoms with van der Waals surface area (Å²) in [6.07, 6.45) is 2.05. The molecule has 0 aliphatic carbocycles. The fourth-order valence-corrected chi connectivity index (χ4v) is 3.10. The highest BCUT2D eigenvalue weighted by Crippen LogP contribution is 2.06. The normalized spacial score (nSPS) is 12.3. The summed E-state index contributed by atoms with van der Waals surface area (Å²) in [5.74, 6) is 0.614. The Hall–Kier alpha value is 0.160. The van der Waals surface area contributed by atoms with Crippen molar-refractivity contribution in [3.05, 3.63) is 0 Å². The Morgan fingerprint density at radius 3 is 2.40 bits per heavy atom. The lowest BCUT2D eigenvalue weighted by Crippen LogP contribution is -2.36. The van der Waals surface area contributed by atoms with E-state index in [1.54, 1.807) is 0 Å². The summed E-state index contributed by atoms with van der Waals surface area (Å²) in [5.41, 5.74) is 0. The van der Waals surface area contributed by atoms with Crippen LogP contribution in [0, 0.1) is 0 Å². The van der Waals surface area contributed by atoms with Crippen molar-refractivity contribution in [3.8, 4) is 0 Å². The van der Waals surface area contributed by atoms with Crippen LogP contribution in [-0.2, 0) is 10.0 Å². The van der Waals surface area contributed by atoms with Crippen molar-refractivity contribution in [2.75, 3.05) is 31.3 Å². The van der Waals surface area contributed by atoms with Gasteiger partial charge in [0, 0.05) is 19.0 Å². The summed E-state index contributed by atoms with van der Waals surface area (Å²) in [4.78, 5) is 0. The molecule has 0 amide bonds. The molecule has 4 nitrogen and oxygen atoms in total. The van der Waals surface area contributed by atoms with Crippen molar-refractivity contribution >= 4 is 21.6 Å². The van der Waals surface area contributed by atoms with E-state index >= 15 is 0 Å². The maximum Gasteiger partial charge on any atom is 0.214 e. The van der Waals surface area contributed by atoms with Crippen molar-refractivity contribution in [3.63, 3.8) is 0 Å². The number of rotatable bonds is 9. The van der Waals surface area contributed by atoms with E-state index in [1.807, 2.05) is 6.92 Å². The average Bonchev–Trinajstić information content (AvgIpc) is 2.18. The van der Waals surface area contributed by atoms with E-state index in [2.05, 4.69) is 0 Å². The van der Waals surface area contributed by atoms with Crippen LogP contribution in [0.25, 0.3) is 0 Å². The van der Waals surface area contributed by atoms with Crippen LogP contribution in [0.1, 0.15) is 26.2 Å². The molecule has 0 bridgehead atoms. The molecular formula is C9H20ClNO3S. The van der Waals surface area contributed by atoms with Crippen LogP contribution >= 0.6 is 11.6 Å². The first-order chi connectivity index (χ1) is 7.08. The summed E-state index contributed by atoms with van der Waals surface area (Å²) >= 11 is 5.48. The third-order valence-corrected chi connectivity index (χ3v) is 4.23. The van der Waals surface area contributed by atoms with Gasteiger partial charge in [-0.25, -0.2) is 8.42 Å². The number of alkyl halides is 1. The predicted molar refractivity (Wildman–Crippen MR) is 62.7 cm³/mol. The first kappa shape index (κ1) is 15.2. The third kappa shape index (κ3) is 6.35. The van der Waals surface area contributed by atoms with Crippen LogP contribution < -0.4 is 0 Å². The molecule has 0 unspecified atom stereocenters. The highest BCUT2D eigenvalue weighted by atomic mass is 35.5. The van der Waals surface area contributed by atoms with Crippen LogP contribution in [0.5, 0.6) is 0 Å². The first-order valence-electron chi connectivity index (χ1n) is 5.23. The number of unbranched alkanes of at least 4 members (excludes halogenated alkanes) is 1. The number of halogens is 1. The Balaban J connectivity index is 4.22. The van der Waals surface area contributed by atoms with E-state index in [9.17, 15) is 8.42 Å². The average molecular weight is 258 g/mol. The zero-order valence-corrected chi connectivity index (χ0v) is 10.7. The van der Waals surface area contributed by atoms with Gasteiger partial charge in [-0.1, -0.05) is 6.92 Å². The van der Waals surface area contributed by atoms with E-state index in [0.29, 0.717) is 25.3 Å². The van der Waals surface area contributed by atoms with E-state index < -0.39 is 10.0 Å². The molecule has 0 aliphatic heterocycles. The van der Waals surface area contributed by atoms with Crippen LogP contribution in [0.4, 0.5) is 0 Å². The first-order valence-corrected chi connectivity index (χ1v) is 7.37. The fraction of sp³-hybridized carbons (Fsp3) is 1.00. The molecule has 15 heavy (non-hydrogen) atoms. The van der Waals surface area contributed by atoms with E-state index in [0.717, 1.165) is 6.42 Å². The summed E-state index contributed by atoms with van der Waals surface area (Å²) in [5, 5.41) is 8.77. The van der Waals surface area contributed by atoms with Gasteiger partial charge >= 0.3 is 0 Å². The number of nitrogens with zero attached hydrogens (tertiary/aromatic N) is 1. The molecule has 0 aromatic rings. The molecule has 0 rings (SSSR count). The molecular weight excluding hydrogens is 238 g/mol. The topological polar surface area (TPSA) is 57.6 Å². The lowest BCUT2D eigenvalue weighted by molar-refractivity contribution is 0.253. The molecule has 0 radical (unpaired) electrons. The molecule has 0 spiro atoms. The lowest BCUT2D eigenvalue weighted by atomic mass is 10.4. The number of aliphatic hydroxyl groups excluding tert-OH is 1. The Kier molecular flexibility index (Phi) is 8.42. The third-order valence-electron chi connectivity index (χ3n) is 2.00. The van der Waals surface area contributed by atoms with Gasteiger partial charge in [-0.05, 0) is 19.3 Å². The van der Waals surface area contributed by atoms with Gasteiger partial charge in [-0.2, -0.15) is 4.31 Å². The summed E-state index contributed by atoms with van der Waals surface area (Å²) in [7, 11) is -3.20. The molecule has 0 heterocycles. The number of hydrogen-bond acceptors (Lipinski definition) is 3. The summed E-state index contributed by atoms with van der Waals surface area (Å²) < 4.78 is 24.9. The molecule has 0 fully saturated rings. The Bertz CT molecular complexity index is 238. The van der Waals surface area contributed by atoms with Gasteiger partial charge in [0.1, 0.15) is 0 Å². The fourth-order valence-electron chi connectivity index (χ4n) is 1.26. The molecule has 0 aliphatic rings. The molecule has 0 saturated carbocycles. The minimum Gasteiger partial charge on any atom is -0.395 e. The minimum atomic E-state index is -3.20. The van der Waals surface area contributed by atoms with Crippen molar-refractivity contribution in [2.45, 2.75) is 26.2 Å². The van der Waals surface area contributed by atoms with Crippen LogP contribution in [0.3, 0.4) is 0 Å². The summed E-state index contributed by atoms with van der Waals surface area (Å²) in [6.45, 7) is 2.45. The van der Waals surface area contributed by atoms with Gasteiger partial charge in [-0.15, -0.1) is 11.6 Å². The van der Waals surface area contributed by atoms with Gasteiger partial charge in [0.25, 0.3) is 0 Å². The van der Waals surface area contributed by atoms with Gasteiger partial charge in [0.05, 0.1) is 12.4 Å². The van der Waals surface area contributed by atoms with Gasteiger partial charge in [0.2, 0.25) is 10.0 Å². The maximum absolute atomic E-state index is 11.8. The Morgan fingerprint density at radius 2 is 1.93 bits per heavy atom. The molecule has 6 heteroatoms. The molecule has 1 N–H and O–H groups in total. The minimum absolute atomic E-state index is 0.125. The van der Waals surface area contributed by atoms with Crippen molar-refractivity contribution in [1.82, 2.24) is 4.31 Å². The van der Waals surface area contributed by atoms with E-state index in [-0.39, 0.29) is 18.9 Å². The van der Waals surface area contributed by atoms with E-state index in [1.165, 1.54) is 4.31 Å². The highest BCUT2D eigenvalue weighted by molar-refractivity contribution is 7.89. The van der Waals surface area contributed by atoms with E-state index in [4.69, 9.17) is 16.7 Å².